The molecule has 3 nitrogen and oxygen atoms in total. The molecule has 1 aliphatic rings. The highest BCUT2D eigenvalue weighted by atomic mass is 79.9. The number of amides is 1. The second-order valence-electron chi connectivity index (χ2n) is 5.36. The lowest BCUT2D eigenvalue weighted by Gasteiger charge is -2.22. The average Bonchev–Trinajstić information content (AvgIpc) is 3.21. The fourth-order valence-corrected chi connectivity index (χ4v) is 3.32. The van der Waals surface area contributed by atoms with E-state index >= 15 is 0 Å². The minimum Gasteiger partial charge on any atom is -0.444 e. The molecule has 2 aromatic rings. The lowest BCUT2D eigenvalue weighted by molar-refractivity contribution is 0.0695. The first-order valence-electron chi connectivity index (χ1n) is 6.86. The van der Waals surface area contributed by atoms with Gasteiger partial charge in [0.25, 0.3) is 5.91 Å². The van der Waals surface area contributed by atoms with Crippen molar-refractivity contribution >= 4 is 37.8 Å². The van der Waals surface area contributed by atoms with Crippen molar-refractivity contribution in [1.29, 1.82) is 0 Å². The van der Waals surface area contributed by atoms with Gasteiger partial charge in [0.05, 0.1) is 0 Å². The molecule has 0 bridgehead atoms. The van der Waals surface area contributed by atoms with Crippen molar-refractivity contribution in [3.63, 3.8) is 0 Å². The fraction of sp³-hybridized carbons (Fsp3) is 0.312. The zero-order valence-corrected chi connectivity index (χ0v) is 14.8. The molecule has 0 saturated heterocycles. The summed E-state index contributed by atoms with van der Waals surface area (Å²) in [6, 6.07) is 10.2. The van der Waals surface area contributed by atoms with Crippen molar-refractivity contribution in [2.75, 3.05) is 0 Å². The fourth-order valence-electron chi connectivity index (χ4n) is 2.37. The summed E-state index contributed by atoms with van der Waals surface area (Å²) in [5, 5.41) is 0. The molecule has 1 heterocycles. The Bertz CT molecular complexity index is 677. The van der Waals surface area contributed by atoms with Crippen LogP contribution in [0.3, 0.4) is 0 Å². The summed E-state index contributed by atoms with van der Waals surface area (Å²) in [6.07, 6.45) is 2.14. The maximum Gasteiger partial charge on any atom is 0.290 e. The summed E-state index contributed by atoms with van der Waals surface area (Å²) in [5.41, 5.74) is 1.99. The normalized spacial score (nSPS) is 14.2. The second-order valence-corrected chi connectivity index (χ2v) is 7.05. The van der Waals surface area contributed by atoms with Gasteiger partial charge in [-0.05, 0) is 59.5 Å². The van der Waals surface area contributed by atoms with Crippen LogP contribution in [0, 0.1) is 6.92 Å². The van der Waals surface area contributed by atoms with Crippen molar-refractivity contribution in [3.8, 4) is 0 Å². The number of rotatable bonds is 4. The molecule has 3 rings (SSSR count). The Morgan fingerprint density at radius 2 is 2.10 bits per heavy atom. The SMILES string of the molecule is Cc1cc(Br)oc1C(=O)N(Cc1cccc(Br)c1)C1CC1. The number of carbonyl (C=O) groups is 1. The molecule has 0 atom stereocenters. The third-order valence-corrected chi connectivity index (χ3v) is 4.46. The van der Waals surface area contributed by atoms with E-state index in [2.05, 4.69) is 31.9 Å². The van der Waals surface area contributed by atoms with Gasteiger partial charge in [-0.25, -0.2) is 0 Å². The van der Waals surface area contributed by atoms with Crippen LogP contribution in [0.5, 0.6) is 0 Å². The van der Waals surface area contributed by atoms with Crippen molar-refractivity contribution in [3.05, 3.63) is 56.4 Å². The number of aryl methyl sites for hydroxylation is 1. The zero-order valence-electron chi connectivity index (χ0n) is 11.6. The summed E-state index contributed by atoms with van der Waals surface area (Å²) in [6.45, 7) is 2.51. The lowest BCUT2D eigenvalue weighted by Crippen LogP contribution is -2.32. The maximum atomic E-state index is 12.7. The average molecular weight is 413 g/mol. The first-order chi connectivity index (χ1) is 10.0. The van der Waals surface area contributed by atoms with Gasteiger partial charge >= 0.3 is 0 Å². The highest BCUT2D eigenvalue weighted by molar-refractivity contribution is 9.10. The number of furan rings is 1. The number of halogens is 2. The van der Waals surface area contributed by atoms with Crippen LogP contribution in [0.2, 0.25) is 0 Å². The number of hydrogen-bond acceptors (Lipinski definition) is 2. The predicted molar refractivity (Wildman–Crippen MR) is 88.2 cm³/mol. The van der Waals surface area contributed by atoms with Crippen LogP contribution in [0.25, 0.3) is 0 Å². The Morgan fingerprint density at radius 3 is 2.67 bits per heavy atom. The molecule has 0 aliphatic heterocycles. The van der Waals surface area contributed by atoms with Crippen molar-refractivity contribution in [1.82, 2.24) is 4.90 Å². The van der Waals surface area contributed by atoms with Crippen LogP contribution in [0.1, 0.15) is 34.5 Å². The molecular weight excluding hydrogens is 398 g/mol. The zero-order chi connectivity index (χ0) is 15.0. The van der Waals surface area contributed by atoms with E-state index in [-0.39, 0.29) is 5.91 Å². The highest BCUT2D eigenvalue weighted by Crippen LogP contribution is 2.31. The maximum absolute atomic E-state index is 12.7. The van der Waals surface area contributed by atoms with E-state index in [0.717, 1.165) is 28.4 Å². The third kappa shape index (κ3) is 3.40. The summed E-state index contributed by atoms with van der Waals surface area (Å²) in [4.78, 5) is 14.7. The molecule has 5 heteroatoms. The molecule has 1 fully saturated rings. The molecule has 1 amide bonds. The van der Waals surface area contributed by atoms with Gasteiger partial charge in [0.15, 0.2) is 10.4 Å². The monoisotopic (exact) mass is 411 g/mol. The molecule has 21 heavy (non-hydrogen) atoms. The molecule has 1 aliphatic carbocycles. The highest BCUT2D eigenvalue weighted by Gasteiger charge is 2.35. The molecule has 1 aromatic heterocycles. The predicted octanol–water partition coefficient (Wildman–Crippen LogP) is 4.92. The standard InChI is InChI=1S/C16H15Br2NO2/c1-10-7-14(18)21-15(10)16(20)19(13-5-6-13)9-11-3-2-4-12(17)8-11/h2-4,7-8,13H,5-6,9H2,1H3. The van der Waals surface area contributed by atoms with Crippen LogP contribution in [0.15, 0.2) is 43.9 Å². The van der Waals surface area contributed by atoms with Crippen LogP contribution in [-0.2, 0) is 6.54 Å². The largest absolute Gasteiger partial charge is 0.444 e. The molecule has 0 N–H and O–H groups in total. The van der Waals surface area contributed by atoms with E-state index in [1.165, 1.54) is 0 Å². The smallest absolute Gasteiger partial charge is 0.290 e. The number of benzene rings is 1. The van der Waals surface area contributed by atoms with E-state index in [4.69, 9.17) is 4.42 Å². The first kappa shape index (κ1) is 14.9. The Morgan fingerprint density at radius 1 is 1.33 bits per heavy atom. The number of hydrogen-bond donors (Lipinski definition) is 0. The van der Waals surface area contributed by atoms with Crippen molar-refractivity contribution in [2.45, 2.75) is 32.4 Å². The van der Waals surface area contributed by atoms with Crippen LogP contribution >= 0.6 is 31.9 Å². The summed E-state index contributed by atoms with van der Waals surface area (Å²) in [7, 11) is 0. The number of carbonyl (C=O) groups excluding carboxylic acids is 1. The Kier molecular flexibility index (Phi) is 4.22. The molecule has 1 saturated carbocycles. The van der Waals surface area contributed by atoms with Crippen molar-refractivity contribution < 1.29 is 9.21 Å². The van der Waals surface area contributed by atoms with E-state index < -0.39 is 0 Å². The second kappa shape index (κ2) is 5.97. The molecule has 1 aromatic carbocycles. The minimum atomic E-state index is -0.0272. The van der Waals surface area contributed by atoms with E-state index in [1.807, 2.05) is 42.2 Å². The first-order valence-corrected chi connectivity index (χ1v) is 8.44. The van der Waals surface area contributed by atoms with Gasteiger partial charge in [-0.3, -0.25) is 4.79 Å². The van der Waals surface area contributed by atoms with Gasteiger partial charge in [0.2, 0.25) is 0 Å². The van der Waals surface area contributed by atoms with Gasteiger partial charge < -0.3 is 9.32 Å². The van der Waals surface area contributed by atoms with Gasteiger partial charge in [-0.15, -0.1) is 0 Å². The van der Waals surface area contributed by atoms with Crippen LogP contribution in [-0.4, -0.2) is 16.8 Å². The van der Waals surface area contributed by atoms with Crippen LogP contribution in [0.4, 0.5) is 0 Å². The molecule has 0 unspecified atom stereocenters. The Balaban J connectivity index is 1.85. The van der Waals surface area contributed by atoms with Gasteiger partial charge in [-0.1, -0.05) is 28.1 Å². The third-order valence-electron chi connectivity index (χ3n) is 3.57. The van der Waals surface area contributed by atoms with E-state index in [1.54, 1.807) is 0 Å². The quantitative estimate of drug-likeness (QED) is 0.714. The van der Waals surface area contributed by atoms with E-state index in [9.17, 15) is 4.79 Å². The number of nitrogens with zero attached hydrogens (tertiary/aromatic N) is 1. The van der Waals surface area contributed by atoms with Gasteiger partial charge in [-0.2, -0.15) is 0 Å². The van der Waals surface area contributed by atoms with Crippen molar-refractivity contribution in [2.24, 2.45) is 0 Å². The molecular formula is C16H15Br2NO2. The minimum absolute atomic E-state index is 0.0272. The Labute approximate surface area is 140 Å². The summed E-state index contributed by atoms with van der Waals surface area (Å²) in [5.74, 6) is 0.407. The molecule has 0 spiro atoms. The Hall–Kier alpha value is -1.07. The molecule has 110 valence electrons. The van der Waals surface area contributed by atoms with Gasteiger partial charge in [0, 0.05) is 22.6 Å². The lowest BCUT2D eigenvalue weighted by atomic mass is 10.2. The summed E-state index contributed by atoms with van der Waals surface area (Å²) >= 11 is 6.76. The molecule has 0 radical (unpaired) electrons. The van der Waals surface area contributed by atoms with Gasteiger partial charge in [0.1, 0.15) is 0 Å². The van der Waals surface area contributed by atoms with E-state index in [0.29, 0.717) is 23.0 Å². The summed E-state index contributed by atoms with van der Waals surface area (Å²) < 4.78 is 7.14. The van der Waals surface area contributed by atoms with Crippen LogP contribution < -0.4 is 0 Å². The topological polar surface area (TPSA) is 33.5 Å².